The number of nitrogens with zero attached hydrogens (tertiary/aromatic N) is 3. The average Bonchev–Trinajstić information content (AvgIpc) is 2.79. The molecule has 0 aliphatic carbocycles. The molecular weight excluding hydrogens is 456 g/mol. The number of likely N-dealkylation sites (N-methyl/N-ethyl adjacent to an activating group) is 1. The van der Waals surface area contributed by atoms with Crippen LogP contribution < -0.4 is 9.46 Å². The second kappa shape index (κ2) is 11.2. The number of amides is 1. The lowest BCUT2D eigenvalue weighted by molar-refractivity contribution is 0.00920. The number of hydrogen-bond acceptors (Lipinski definition) is 7. The first kappa shape index (κ1) is 25.9. The number of carbonyl (C=O) groups is 1. The lowest BCUT2D eigenvalue weighted by atomic mass is 10.0. The highest BCUT2D eigenvalue weighted by Crippen LogP contribution is 2.27. The van der Waals surface area contributed by atoms with E-state index < -0.39 is 10.0 Å². The van der Waals surface area contributed by atoms with Crippen LogP contribution in [0.15, 0.2) is 42.7 Å². The summed E-state index contributed by atoms with van der Waals surface area (Å²) in [4.78, 5) is 21.4. The van der Waals surface area contributed by atoms with Crippen LogP contribution in [0, 0.1) is 5.92 Å². The van der Waals surface area contributed by atoms with Crippen LogP contribution in [0.1, 0.15) is 29.8 Å². The van der Waals surface area contributed by atoms with Crippen LogP contribution in [0.5, 0.6) is 5.75 Å². The van der Waals surface area contributed by atoms with E-state index in [1.165, 1.54) is 0 Å². The SMILES string of the molecule is CO[C@@H]1CN(C)C(=O)c2ccc(NS(C)(=O)=O)cc2OC[C@H](C)N(Cc2cccnc2)C[C@H]1C. The number of aromatic nitrogens is 1. The van der Waals surface area contributed by atoms with Crippen molar-refractivity contribution >= 4 is 21.6 Å². The molecule has 9 nitrogen and oxygen atoms in total. The summed E-state index contributed by atoms with van der Waals surface area (Å²) in [5, 5.41) is 0. The van der Waals surface area contributed by atoms with E-state index in [0.29, 0.717) is 36.7 Å². The number of benzene rings is 1. The Labute approximate surface area is 202 Å². The highest BCUT2D eigenvalue weighted by Gasteiger charge is 2.28. The van der Waals surface area contributed by atoms with E-state index in [0.717, 1.165) is 18.4 Å². The zero-order valence-electron chi connectivity index (χ0n) is 20.4. The van der Waals surface area contributed by atoms with Crippen molar-refractivity contribution in [1.29, 1.82) is 0 Å². The van der Waals surface area contributed by atoms with Crippen LogP contribution in [0.3, 0.4) is 0 Å². The van der Waals surface area contributed by atoms with E-state index in [9.17, 15) is 13.2 Å². The number of nitrogens with one attached hydrogen (secondary N) is 1. The lowest BCUT2D eigenvalue weighted by Gasteiger charge is -2.36. The van der Waals surface area contributed by atoms with Crippen molar-refractivity contribution < 1.29 is 22.7 Å². The van der Waals surface area contributed by atoms with Gasteiger partial charge in [0.15, 0.2) is 0 Å². The van der Waals surface area contributed by atoms with Gasteiger partial charge >= 0.3 is 0 Å². The van der Waals surface area contributed by atoms with Gasteiger partial charge in [-0.15, -0.1) is 0 Å². The van der Waals surface area contributed by atoms with Gasteiger partial charge in [0.25, 0.3) is 5.91 Å². The van der Waals surface area contributed by atoms with E-state index in [2.05, 4.69) is 28.5 Å². The Morgan fingerprint density at radius 3 is 2.65 bits per heavy atom. The number of ether oxygens (including phenoxy) is 2. The van der Waals surface area contributed by atoms with Crippen LogP contribution >= 0.6 is 0 Å². The minimum absolute atomic E-state index is 0.00629. The maximum atomic E-state index is 13.2. The Morgan fingerprint density at radius 1 is 1.24 bits per heavy atom. The Hall–Kier alpha value is -2.69. The molecule has 3 rings (SSSR count). The molecule has 1 aliphatic heterocycles. The van der Waals surface area contributed by atoms with Gasteiger partial charge in [0, 0.05) is 58.3 Å². The fourth-order valence-electron chi connectivity index (χ4n) is 4.07. The summed E-state index contributed by atoms with van der Waals surface area (Å²) in [5.41, 5.74) is 1.80. The molecule has 0 saturated heterocycles. The summed E-state index contributed by atoms with van der Waals surface area (Å²) in [6.07, 6.45) is 4.53. The highest BCUT2D eigenvalue weighted by atomic mass is 32.2. The molecule has 1 amide bonds. The van der Waals surface area contributed by atoms with E-state index in [1.54, 1.807) is 43.5 Å². The smallest absolute Gasteiger partial charge is 0.257 e. The predicted molar refractivity (Wildman–Crippen MR) is 131 cm³/mol. The molecule has 0 spiro atoms. The molecule has 0 unspecified atom stereocenters. The maximum absolute atomic E-state index is 13.2. The number of methoxy groups -OCH3 is 1. The van der Waals surface area contributed by atoms with Crippen molar-refractivity contribution in [2.24, 2.45) is 5.92 Å². The monoisotopic (exact) mass is 490 g/mol. The number of anilines is 1. The number of pyridine rings is 1. The molecule has 2 heterocycles. The number of carbonyl (C=O) groups excluding carboxylic acids is 1. The molecule has 0 saturated carbocycles. The van der Waals surface area contributed by atoms with Crippen LogP contribution in [-0.2, 0) is 21.3 Å². The van der Waals surface area contributed by atoms with Crippen molar-refractivity contribution in [3.8, 4) is 5.75 Å². The van der Waals surface area contributed by atoms with Crippen LogP contribution in [0.2, 0.25) is 0 Å². The van der Waals surface area contributed by atoms with Crippen molar-refractivity contribution in [1.82, 2.24) is 14.8 Å². The van der Waals surface area contributed by atoms with Crippen molar-refractivity contribution in [2.75, 3.05) is 44.8 Å². The molecule has 186 valence electrons. The van der Waals surface area contributed by atoms with Gasteiger partial charge in [-0.3, -0.25) is 19.4 Å². The third kappa shape index (κ3) is 6.91. The van der Waals surface area contributed by atoms with Gasteiger partial charge in [-0.2, -0.15) is 0 Å². The zero-order valence-corrected chi connectivity index (χ0v) is 21.2. The second-order valence-corrected chi connectivity index (χ2v) is 10.7. The third-order valence-electron chi connectivity index (χ3n) is 5.99. The molecule has 1 N–H and O–H groups in total. The van der Waals surface area contributed by atoms with Crippen molar-refractivity contribution in [2.45, 2.75) is 32.5 Å². The molecule has 1 aromatic carbocycles. The van der Waals surface area contributed by atoms with Crippen molar-refractivity contribution in [3.05, 3.63) is 53.9 Å². The molecule has 1 aromatic heterocycles. The Kier molecular flexibility index (Phi) is 8.51. The first-order chi connectivity index (χ1) is 16.1. The third-order valence-corrected chi connectivity index (χ3v) is 6.59. The zero-order chi connectivity index (χ0) is 24.9. The maximum Gasteiger partial charge on any atom is 0.257 e. The van der Waals surface area contributed by atoms with E-state index >= 15 is 0 Å². The summed E-state index contributed by atoms with van der Waals surface area (Å²) >= 11 is 0. The molecule has 10 heteroatoms. The van der Waals surface area contributed by atoms with Gasteiger partial charge in [0.05, 0.1) is 23.6 Å². The first-order valence-corrected chi connectivity index (χ1v) is 13.1. The Balaban J connectivity index is 1.96. The molecule has 34 heavy (non-hydrogen) atoms. The number of hydrogen-bond donors (Lipinski definition) is 1. The lowest BCUT2D eigenvalue weighted by Crippen LogP contribution is -2.46. The summed E-state index contributed by atoms with van der Waals surface area (Å²) < 4.78 is 37.8. The molecule has 2 aromatic rings. The quantitative estimate of drug-likeness (QED) is 0.687. The number of sulfonamides is 1. The van der Waals surface area contributed by atoms with E-state index in [1.807, 2.05) is 18.3 Å². The van der Waals surface area contributed by atoms with Gasteiger partial charge in [-0.05, 0) is 36.6 Å². The molecule has 0 bridgehead atoms. The predicted octanol–water partition coefficient (Wildman–Crippen LogP) is 2.46. The molecule has 1 aliphatic rings. The number of rotatable bonds is 5. The van der Waals surface area contributed by atoms with Gasteiger partial charge in [-0.1, -0.05) is 13.0 Å². The van der Waals surface area contributed by atoms with Gasteiger partial charge in [-0.25, -0.2) is 8.42 Å². The Bertz CT molecular complexity index is 1080. The minimum Gasteiger partial charge on any atom is -0.491 e. The van der Waals surface area contributed by atoms with Crippen LogP contribution in [0.25, 0.3) is 0 Å². The van der Waals surface area contributed by atoms with E-state index in [4.69, 9.17) is 9.47 Å². The van der Waals surface area contributed by atoms with Crippen molar-refractivity contribution in [3.63, 3.8) is 0 Å². The molecule has 0 fully saturated rings. The largest absolute Gasteiger partial charge is 0.491 e. The van der Waals surface area contributed by atoms with E-state index in [-0.39, 0.29) is 24.0 Å². The number of fused-ring (bicyclic) bond motifs is 1. The highest BCUT2D eigenvalue weighted by molar-refractivity contribution is 7.92. The van der Waals surface area contributed by atoms with Crippen LogP contribution in [0.4, 0.5) is 5.69 Å². The summed E-state index contributed by atoms with van der Waals surface area (Å²) in [7, 11) is -0.0720. The molecule has 3 atom stereocenters. The normalized spacial score (nSPS) is 22.8. The average molecular weight is 491 g/mol. The fraction of sp³-hybridized carbons (Fsp3) is 0.500. The molecule has 0 radical (unpaired) electrons. The standard InChI is InChI=1S/C24H34N4O5S/c1-17-13-28(14-19-7-6-10-25-12-19)18(2)16-33-22-11-20(26-34(5,30)31)8-9-21(22)24(29)27(3)15-23(17)32-4/h6-12,17-18,23,26H,13-16H2,1-5H3/t17-,18+,23-/m1/s1. The fourth-order valence-corrected chi connectivity index (χ4v) is 4.63. The van der Waals surface area contributed by atoms with Gasteiger partial charge in [0.1, 0.15) is 12.4 Å². The second-order valence-electron chi connectivity index (χ2n) is 8.97. The van der Waals surface area contributed by atoms with Gasteiger partial charge < -0.3 is 14.4 Å². The Morgan fingerprint density at radius 2 is 2.00 bits per heavy atom. The summed E-state index contributed by atoms with van der Waals surface area (Å²) in [5.74, 6) is 0.275. The summed E-state index contributed by atoms with van der Waals surface area (Å²) in [6.45, 7) is 6.35. The topological polar surface area (TPSA) is 101 Å². The summed E-state index contributed by atoms with van der Waals surface area (Å²) in [6, 6.07) is 8.68. The van der Waals surface area contributed by atoms with Gasteiger partial charge in [0.2, 0.25) is 10.0 Å². The first-order valence-electron chi connectivity index (χ1n) is 11.2. The van der Waals surface area contributed by atoms with Crippen LogP contribution in [-0.4, -0.2) is 81.4 Å². The molecular formula is C24H34N4O5S. The minimum atomic E-state index is -3.47.